The van der Waals surface area contributed by atoms with Gasteiger partial charge in [0.05, 0.1) is 30.1 Å². The molecule has 1 aromatic heterocycles. The molecule has 2 heterocycles. The van der Waals surface area contributed by atoms with Gasteiger partial charge in [0.1, 0.15) is 22.8 Å². The van der Waals surface area contributed by atoms with Gasteiger partial charge in [0.2, 0.25) is 5.95 Å². The molecule has 4 rings (SSSR count). The van der Waals surface area contributed by atoms with Crippen molar-refractivity contribution in [3.05, 3.63) is 62.4 Å². The number of amides is 1. The molecule has 12 heteroatoms. The minimum absolute atomic E-state index is 0.0506. The van der Waals surface area contributed by atoms with E-state index in [0.29, 0.717) is 21.3 Å². The predicted octanol–water partition coefficient (Wildman–Crippen LogP) is 3.41. The summed E-state index contributed by atoms with van der Waals surface area (Å²) in [6.07, 6.45) is 0. The molecule has 1 amide bonds. The summed E-state index contributed by atoms with van der Waals surface area (Å²) >= 11 is 4.67. The first-order valence-electron chi connectivity index (χ1n) is 10.2. The summed E-state index contributed by atoms with van der Waals surface area (Å²) in [5, 5.41) is 20.7. The SMILES string of the molecule is COc1ccc(-c2nc(NN3C(=O)CSC3c3cc(Br)c(O)c(OC)c3)n(C)c(=O)c2C#N)cc1. The van der Waals surface area contributed by atoms with Crippen molar-refractivity contribution in [2.45, 2.75) is 5.37 Å². The minimum Gasteiger partial charge on any atom is -0.503 e. The molecule has 1 saturated heterocycles. The van der Waals surface area contributed by atoms with Crippen molar-refractivity contribution < 1.29 is 19.4 Å². The third-order valence-corrected chi connectivity index (χ3v) is 7.23. The highest BCUT2D eigenvalue weighted by atomic mass is 79.9. The smallest absolute Gasteiger partial charge is 0.273 e. The average Bonchev–Trinajstić information content (AvgIpc) is 3.23. The quantitative estimate of drug-likeness (QED) is 0.468. The summed E-state index contributed by atoms with van der Waals surface area (Å²) in [5.41, 5.74) is 3.71. The number of thioether (sulfide) groups is 1. The van der Waals surface area contributed by atoms with Gasteiger partial charge in [-0.25, -0.2) is 9.99 Å². The van der Waals surface area contributed by atoms with E-state index in [2.05, 4.69) is 26.3 Å². The summed E-state index contributed by atoms with van der Waals surface area (Å²) in [6.45, 7) is 0. The second-order valence-electron chi connectivity index (χ2n) is 7.46. The van der Waals surface area contributed by atoms with Crippen molar-refractivity contribution in [2.75, 3.05) is 25.4 Å². The zero-order valence-electron chi connectivity index (χ0n) is 18.9. The third-order valence-electron chi connectivity index (χ3n) is 5.41. The number of nitrogens with one attached hydrogen (secondary N) is 1. The van der Waals surface area contributed by atoms with Crippen LogP contribution in [0.15, 0.2) is 45.7 Å². The van der Waals surface area contributed by atoms with Gasteiger partial charge in [0.15, 0.2) is 11.5 Å². The van der Waals surface area contributed by atoms with E-state index in [1.807, 2.05) is 6.07 Å². The predicted molar refractivity (Wildman–Crippen MR) is 134 cm³/mol. The van der Waals surface area contributed by atoms with Crippen LogP contribution in [0.4, 0.5) is 5.95 Å². The number of ether oxygens (including phenoxy) is 2. The largest absolute Gasteiger partial charge is 0.503 e. The van der Waals surface area contributed by atoms with Gasteiger partial charge in [0, 0.05) is 12.6 Å². The topological polar surface area (TPSA) is 130 Å². The molecule has 0 saturated carbocycles. The van der Waals surface area contributed by atoms with Crippen LogP contribution >= 0.6 is 27.7 Å². The molecule has 10 nitrogen and oxygen atoms in total. The number of nitriles is 1. The first kappa shape index (κ1) is 24.4. The molecule has 0 radical (unpaired) electrons. The highest BCUT2D eigenvalue weighted by Crippen LogP contribution is 2.44. The highest BCUT2D eigenvalue weighted by Gasteiger charge is 2.35. The van der Waals surface area contributed by atoms with Gasteiger partial charge in [-0.2, -0.15) is 5.26 Å². The lowest BCUT2D eigenvalue weighted by molar-refractivity contribution is -0.126. The highest BCUT2D eigenvalue weighted by molar-refractivity contribution is 9.10. The number of hydrazine groups is 1. The second-order valence-corrected chi connectivity index (χ2v) is 9.38. The summed E-state index contributed by atoms with van der Waals surface area (Å²) in [5.74, 6) is 0.865. The van der Waals surface area contributed by atoms with Crippen LogP contribution in [-0.2, 0) is 11.8 Å². The number of anilines is 1. The summed E-state index contributed by atoms with van der Waals surface area (Å²) in [4.78, 5) is 30.3. The van der Waals surface area contributed by atoms with Crippen LogP contribution in [-0.4, -0.2) is 45.5 Å². The number of phenolic OH excluding ortho intramolecular Hbond substituents is 1. The Bertz CT molecular complexity index is 1400. The van der Waals surface area contributed by atoms with Crippen molar-refractivity contribution in [2.24, 2.45) is 7.05 Å². The fourth-order valence-corrected chi connectivity index (χ4v) is 5.10. The molecular formula is C23H20BrN5O5S. The van der Waals surface area contributed by atoms with Crippen LogP contribution in [0.2, 0.25) is 0 Å². The van der Waals surface area contributed by atoms with E-state index in [-0.39, 0.29) is 40.4 Å². The Morgan fingerprint density at radius 2 is 1.94 bits per heavy atom. The average molecular weight is 558 g/mol. The number of carbonyl (C=O) groups excluding carboxylic acids is 1. The molecule has 0 bridgehead atoms. The zero-order valence-corrected chi connectivity index (χ0v) is 21.3. The second kappa shape index (κ2) is 9.89. The molecule has 1 fully saturated rings. The lowest BCUT2D eigenvalue weighted by Gasteiger charge is -2.26. The van der Waals surface area contributed by atoms with Crippen molar-refractivity contribution in [1.82, 2.24) is 14.6 Å². The van der Waals surface area contributed by atoms with Gasteiger partial charge < -0.3 is 14.6 Å². The van der Waals surface area contributed by atoms with Crippen LogP contribution in [0.25, 0.3) is 11.3 Å². The number of benzene rings is 2. The normalized spacial score (nSPS) is 15.1. The first-order valence-corrected chi connectivity index (χ1v) is 12.1. The van der Waals surface area contributed by atoms with Crippen molar-refractivity contribution >= 4 is 39.5 Å². The number of aromatic hydroxyl groups is 1. The molecule has 1 unspecified atom stereocenters. The Morgan fingerprint density at radius 3 is 2.57 bits per heavy atom. The molecule has 0 spiro atoms. The lowest BCUT2D eigenvalue weighted by Crippen LogP contribution is -2.37. The number of phenols is 1. The van der Waals surface area contributed by atoms with Crippen LogP contribution in [0.3, 0.4) is 0 Å². The third kappa shape index (κ3) is 4.52. The Balaban J connectivity index is 1.76. The number of halogens is 1. The van der Waals surface area contributed by atoms with E-state index in [0.717, 1.165) is 0 Å². The van der Waals surface area contributed by atoms with Crippen molar-refractivity contribution in [1.29, 1.82) is 5.26 Å². The van der Waals surface area contributed by atoms with Crippen LogP contribution in [0, 0.1) is 11.3 Å². The Kier molecular flexibility index (Phi) is 6.90. The van der Waals surface area contributed by atoms with Gasteiger partial charge in [-0.1, -0.05) is 0 Å². The molecular weight excluding hydrogens is 538 g/mol. The number of nitrogens with zero attached hydrogens (tertiary/aromatic N) is 4. The van der Waals surface area contributed by atoms with Crippen molar-refractivity contribution in [3.63, 3.8) is 0 Å². The van der Waals surface area contributed by atoms with Gasteiger partial charge in [-0.05, 0) is 57.9 Å². The molecule has 1 aliphatic rings. The molecule has 35 heavy (non-hydrogen) atoms. The summed E-state index contributed by atoms with van der Waals surface area (Å²) in [7, 11) is 4.45. The van der Waals surface area contributed by atoms with Crippen LogP contribution in [0.1, 0.15) is 16.5 Å². The number of hydrogen-bond donors (Lipinski definition) is 2. The van der Waals surface area contributed by atoms with E-state index in [1.165, 1.54) is 42.6 Å². The molecule has 1 atom stereocenters. The molecule has 3 aromatic rings. The number of aromatic nitrogens is 2. The van der Waals surface area contributed by atoms with E-state index in [9.17, 15) is 20.0 Å². The maximum Gasteiger partial charge on any atom is 0.273 e. The molecule has 180 valence electrons. The maximum atomic E-state index is 13.0. The fraction of sp³-hybridized carbons (Fsp3) is 0.217. The Morgan fingerprint density at radius 1 is 1.23 bits per heavy atom. The molecule has 2 N–H and O–H groups in total. The van der Waals surface area contributed by atoms with Gasteiger partial charge >= 0.3 is 0 Å². The number of hydrogen-bond acceptors (Lipinski definition) is 9. The summed E-state index contributed by atoms with van der Waals surface area (Å²) in [6, 6.07) is 12.1. The van der Waals surface area contributed by atoms with E-state index < -0.39 is 10.9 Å². The Hall–Kier alpha value is -3.69. The molecule has 0 aliphatic carbocycles. The lowest BCUT2D eigenvalue weighted by atomic mass is 10.1. The first-order chi connectivity index (χ1) is 16.8. The molecule has 1 aliphatic heterocycles. The van der Waals surface area contributed by atoms with Gasteiger partial charge in [0.25, 0.3) is 11.5 Å². The van der Waals surface area contributed by atoms with Crippen LogP contribution < -0.4 is 20.5 Å². The Labute approximate surface area is 213 Å². The molecule has 2 aromatic carbocycles. The van der Waals surface area contributed by atoms with Crippen LogP contribution in [0.5, 0.6) is 17.2 Å². The monoisotopic (exact) mass is 557 g/mol. The summed E-state index contributed by atoms with van der Waals surface area (Å²) < 4.78 is 12.0. The van der Waals surface area contributed by atoms with Gasteiger partial charge in [-0.15, -0.1) is 11.8 Å². The van der Waals surface area contributed by atoms with E-state index in [4.69, 9.17) is 9.47 Å². The fourth-order valence-electron chi connectivity index (χ4n) is 3.55. The number of methoxy groups -OCH3 is 2. The number of rotatable bonds is 6. The zero-order chi connectivity index (χ0) is 25.3. The standard InChI is InChI=1S/C23H20BrN5O5S/c1-28-21(32)15(10-25)19(12-4-6-14(33-2)7-5-12)26-23(28)27-29-18(30)11-35-22(29)13-8-16(24)20(31)17(9-13)34-3/h4-9,22,31H,11H2,1-3H3,(H,26,27). The van der Waals surface area contributed by atoms with Crippen molar-refractivity contribution in [3.8, 4) is 34.6 Å². The van der Waals surface area contributed by atoms with Gasteiger partial charge in [-0.3, -0.25) is 19.6 Å². The number of carbonyl (C=O) groups is 1. The maximum absolute atomic E-state index is 13.0. The van der Waals surface area contributed by atoms with E-state index in [1.54, 1.807) is 36.4 Å². The van der Waals surface area contributed by atoms with E-state index >= 15 is 0 Å². The minimum atomic E-state index is -0.555.